The lowest BCUT2D eigenvalue weighted by Crippen LogP contribution is -2.30. The summed E-state index contributed by atoms with van der Waals surface area (Å²) in [6.45, 7) is 4.32. The van der Waals surface area contributed by atoms with Gasteiger partial charge in [0.1, 0.15) is 0 Å². The van der Waals surface area contributed by atoms with Gasteiger partial charge in [0.25, 0.3) is 11.8 Å². The molecule has 0 atom stereocenters. The van der Waals surface area contributed by atoms with Gasteiger partial charge < -0.3 is 10.4 Å². The Morgan fingerprint density at radius 1 is 1.00 bits per heavy atom. The predicted octanol–water partition coefficient (Wildman–Crippen LogP) is 4.09. The second kappa shape index (κ2) is 7.85. The number of aromatic carboxylic acids is 1. The number of carboxylic acids is 1. The average Bonchev–Trinajstić information content (AvgIpc) is 3.02. The molecule has 0 saturated carbocycles. The SMILES string of the molecule is CC1(C)CON(Cc2ccc(NC(=O)c3ccccc3C(=O)O)c3ccccc23)C1=O. The van der Waals surface area contributed by atoms with Gasteiger partial charge in [0.05, 0.1) is 29.7 Å². The number of fused-ring (bicyclic) bond motifs is 1. The molecule has 158 valence electrons. The Kier molecular flexibility index (Phi) is 5.20. The number of hydrogen-bond donors (Lipinski definition) is 2. The van der Waals surface area contributed by atoms with Crippen molar-refractivity contribution >= 4 is 34.2 Å². The van der Waals surface area contributed by atoms with Gasteiger partial charge in [-0.25, -0.2) is 9.86 Å². The van der Waals surface area contributed by atoms with Gasteiger partial charge in [-0.2, -0.15) is 0 Å². The molecule has 0 radical (unpaired) electrons. The summed E-state index contributed by atoms with van der Waals surface area (Å²) in [5.41, 5.74) is 0.903. The highest BCUT2D eigenvalue weighted by Crippen LogP contribution is 2.32. The number of carbonyl (C=O) groups is 3. The monoisotopic (exact) mass is 418 g/mol. The van der Waals surface area contributed by atoms with Gasteiger partial charge in [-0.15, -0.1) is 0 Å². The first-order valence-corrected chi connectivity index (χ1v) is 9.87. The van der Waals surface area contributed by atoms with Gasteiger partial charge in [-0.1, -0.05) is 42.5 Å². The van der Waals surface area contributed by atoms with Crippen LogP contribution in [0.1, 0.15) is 40.1 Å². The molecular weight excluding hydrogens is 396 g/mol. The third-order valence-corrected chi connectivity index (χ3v) is 5.37. The lowest BCUT2D eigenvalue weighted by molar-refractivity contribution is -0.165. The predicted molar refractivity (Wildman–Crippen MR) is 116 cm³/mol. The van der Waals surface area contributed by atoms with E-state index in [1.54, 1.807) is 18.2 Å². The molecular formula is C24H22N2O5. The van der Waals surface area contributed by atoms with Crippen LogP contribution in [0.2, 0.25) is 0 Å². The molecule has 1 heterocycles. The maximum atomic E-state index is 12.8. The molecule has 2 N–H and O–H groups in total. The minimum Gasteiger partial charge on any atom is -0.478 e. The van der Waals surface area contributed by atoms with Crippen molar-refractivity contribution in [3.63, 3.8) is 0 Å². The Bertz CT molecular complexity index is 1200. The number of carbonyl (C=O) groups excluding carboxylic acids is 2. The third-order valence-electron chi connectivity index (χ3n) is 5.37. The average molecular weight is 418 g/mol. The second-order valence-electron chi connectivity index (χ2n) is 8.12. The van der Waals surface area contributed by atoms with E-state index in [-0.39, 0.29) is 17.0 Å². The summed E-state index contributed by atoms with van der Waals surface area (Å²) in [5, 5.41) is 15.2. The highest BCUT2D eigenvalue weighted by Gasteiger charge is 2.40. The van der Waals surface area contributed by atoms with E-state index in [9.17, 15) is 19.5 Å². The van der Waals surface area contributed by atoms with Gasteiger partial charge in [0.15, 0.2) is 0 Å². The Morgan fingerprint density at radius 3 is 2.29 bits per heavy atom. The normalized spacial score (nSPS) is 15.3. The summed E-state index contributed by atoms with van der Waals surface area (Å²) < 4.78 is 0. The van der Waals surface area contributed by atoms with Gasteiger partial charge in [-0.3, -0.25) is 14.4 Å². The molecule has 1 aliphatic rings. The molecule has 7 heteroatoms. The van der Waals surface area contributed by atoms with Crippen molar-refractivity contribution in [3.8, 4) is 0 Å². The van der Waals surface area contributed by atoms with E-state index < -0.39 is 17.3 Å². The third kappa shape index (κ3) is 3.87. The Labute approximate surface area is 179 Å². The van der Waals surface area contributed by atoms with Crippen molar-refractivity contribution < 1.29 is 24.3 Å². The van der Waals surface area contributed by atoms with E-state index in [0.29, 0.717) is 18.8 Å². The highest BCUT2D eigenvalue weighted by molar-refractivity contribution is 6.13. The summed E-state index contributed by atoms with van der Waals surface area (Å²) in [7, 11) is 0. The molecule has 7 nitrogen and oxygen atoms in total. The minimum absolute atomic E-state index is 0.0618. The van der Waals surface area contributed by atoms with E-state index in [4.69, 9.17) is 4.84 Å². The summed E-state index contributed by atoms with van der Waals surface area (Å²) >= 11 is 0. The van der Waals surface area contributed by atoms with E-state index in [1.807, 2.05) is 44.2 Å². The first kappa shape index (κ1) is 20.6. The zero-order valence-corrected chi connectivity index (χ0v) is 17.2. The Morgan fingerprint density at radius 2 is 1.65 bits per heavy atom. The molecule has 0 aromatic heterocycles. The summed E-state index contributed by atoms with van der Waals surface area (Å²) in [6.07, 6.45) is 0. The van der Waals surface area contributed by atoms with Crippen molar-refractivity contribution in [1.82, 2.24) is 5.06 Å². The maximum absolute atomic E-state index is 12.8. The molecule has 0 bridgehead atoms. The van der Waals surface area contributed by atoms with E-state index >= 15 is 0 Å². The van der Waals surface area contributed by atoms with Crippen molar-refractivity contribution in [2.75, 3.05) is 11.9 Å². The summed E-state index contributed by atoms with van der Waals surface area (Å²) in [6, 6.07) is 17.2. The molecule has 0 spiro atoms. The quantitative estimate of drug-likeness (QED) is 0.651. The standard InChI is InChI=1S/C24H22N2O5/c1-24(2)14-31-26(23(24)30)13-15-11-12-20(17-8-4-3-7-16(15)17)25-21(27)18-9-5-6-10-19(18)22(28)29/h3-12H,13-14H2,1-2H3,(H,25,27)(H,28,29). The van der Waals surface area contributed by atoms with E-state index in [2.05, 4.69) is 5.32 Å². The summed E-state index contributed by atoms with van der Waals surface area (Å²) in [5.74, 6) is -1.74. The number of benzene rings is 3. The molecule has 3 aromatic rings. The molecule has 0 aliphatic carbocycles. The van der Waals surface area contributed by atoms with Crippen LogP contribution in [0, 0.1) is 5.41 Å². The summed E-state index contributed by atoms with van der Waals surface area (Å²) in [4.78, 5) is 42.4. The molecule has 31 heavy (non-hydrogen) atoms. The topological polar surface area (TPSA) is 95.9 Å². The van der Waals surface area contributed by atoms with Crippen molar-refractivity contribution in [2.45, 2.75) is 20.4 Å². The minimum atomic E-state index is -1.16. The molecule has 1 saturated heterocycles. The van der Waals surface area contributed by atoms with E-state index in [0.717, 1.165) is 16.3 Å². The molecule has 0 unspecified atom stereocenters. The Balaban J connectivity index is 1.66. The maximum Gasteiger partial charge on any atom is 0.336 e. The van der Waals surface area contributed by atoms with Crippen molar-refractivity contribution in [3.05, 3.63) is 77.4 Å². The number of amides is 2. The van der Waals surface area contributed by atoms with Gasteiger partial charge in [0.2, 0.25) is 0 Å². The fourth-order valence-electron chi connectivity index (χ4n) is 3.64. The number of hydroxylamine groups is 2. The van der Waals surface area contributed by atoms with Crippen LogP contribution in [0.4, 0.5) is 5.69 Å². The largest absolute Gasteiger partial charge is 0.478 e. The molecule has 2 amide bonds. The fourth-order valence-corrected chi connectivity index (χ4v) is 3.64. The van der Waals surface area contributed by atoms with Crippen LogP contribution in [0.5, 0.6) is 0 Å². The van der Waals surface area contributed by atoms with Gasteiger partial charge in [-0.05, 0) is 43.0 Å². The lowest BCUT2D eigenvalue weighted by Gasteiger charge is -2.19. The molecule has 4 rings (SSSR count). The van der Waals surface area contributed by atoms with Crippen LogP contribution >= 0.6 is 0 Å². The van der Waals surface area contributed by atoms with Crippen LogP contribution in [-0.4, -0.2) is 34.6 Å². The van der Waals surface area contributed by atoms with Crippen LogP contribution in [0.15, 0.2) is 60.7 Å². The van der Waals surface area contributed by atoms with E-state index in [1.165, 1.54) is 17.2 Å². The van der Waals surface area contributed by atoms with Crippen molar-refractivity contribution in [2.24, 2.45) is 5.41 Å². The first-order valence-electron chi connectivity index (χ1n) is 9.87. The number of hydrogen-bond acceptors (Lipinski definition) is 4. The van der Waals surface area contributed by atoms with Gasteiger partial charge in [0, 0.05) is 11.1 Å². The number of nitrogens with one attached hydrogen (secondary N) is 1. The first-order chi connectivity index (χ1) is 14.8. The smallest absolute Gasteiger partial charge is 0.336 e. The lowest BCUT2D eigenvalue weighted by atomic mass is 9.94. The fraction of sp³-hybridized carbons (Fsp3) is 0.208. The van der Waals surface area contributed by atoms with Crippen LogP contribution in [-0.2, 0) is 16.2 Å². The highest BCUT2D eigenvalue weighted by atomic mass is 16.7. The number of nitrogens with zero attached hydrogens (tertiary/aromatic N) is 1. The number of rotatable bonds is 5. The second-order valence-corrected chi connectivity index (χ2v) is 8.12. The Hall–Kier alpha value is -3.71. The van der Waals surface area contributed by atoms with Crippen LogP contribution < -0.4 is 5.32 Å². The molecule has 3 aromatic carbocycles. The molecule has 1 fully saturated rings. The molecule has 1 aliphatic heterocycles. The number of carboxylic acid groups (broad SMARTS) is 1. The zero-order chi connectivity index (χ0) is 22.2. The number of anilines is 1. The zero-order valence-electron chi connectivity index (χ0n) is 17.2. The van der Waals surface area contributed by atoms with Gasteiger partial charge >= 0.3 is 5.97 Å². The van der Waals surface area contributed by atoms with Crippen LogP contribution in [0.3, 0.4) is 0 Å². The van der Waals surface area contributed by atoms with Crippen molar-refractivity contribution in [1.29, 1.82) is 0 Å². The van der Waals surface area contributed by atoms with Crippen LogP contribution in [0.25, 0.3) is 10.8 Å².